The molecule has 1 heterocycles. The molecule has 0 saturated heterocycles. The lowest BCUT2D eigenvalue weighted by Crippen LogP contribution is -2.13. The summed E-state index contributed by atoms with van der Waals surface area (Å²) in [4.78, 5) is 25.0. The Balaban J connectivity index is 2.81. The number of hydrogen-bond acceptors (Lipinski definition) is 4. The van der Waals surface area contributed by atoms with Gasteiger partial charge in [0, 0.05) is 18.0 Å². The molecule has 0 aromatic carbocycles. The standard InChI is InChI=1S/C10H10N2O3/c1-2-15-10(14)4-8-3-9(13)7(5-11)6-12-8/h3,6H,2,4H2,1H3,(H,12,13). The lowest BCUT2D eigenvalue weighted by Gasteiger charge is -2.01. The second-order valence-corrected chi connectivity index (χ2v) is 2.83. The van der Waals surface area contributed by atoms with Crippen LogP contribution < -0.4 is 5.43 Å². The number of ether oxygens (including phenoxy) is 1. The molecule has 5 heteroatoms. The van der Waals surface area contributed by atoms with Crippen molar-refractivity contribution in [1.29, 1.82) is 5.26 Å². The fourth-order valence-electron chi connectivity index (χ4n) is 1.07. The first-order chi connectivity index (χ1) is 7.17. The normalized spacial score (nSPS) is 9.33. The third kappa shape index (κ3) is 2.95. The molecule has 5 nitrogen and oxygen atoms in total. The van der Waals surface area contributed by atoms with Crippen LogP contribution in [0.3, 0.4) is 0 Å². The molecule has 0 saturated carbocycles. The van der Waals surface area contributed by atoms with Crippen LogP contribution in [0.15, 0.2) is 17.1 Å². The molecule has 0 aliphatic heterocycles. The molecule has 15 heavy (non-hydrogen) atoms. The summed E-state index contributed by atoms with van der Waals surface area (Å²) >= 11 is 0. The first-order valence-corrected chi connectivity index (χ1v) is 4.44. The summed E-state index contributed by atoms with van der Waals surface area (Å²) in [6, 6.07) is 2.97. The largest absolute Gasteiger partial charge is 0.466 e. The Labute approximate surface area is 86.3 Å². The van der Waals surface area contributed by atoms with Gasteiger partial charge in [-0.1, -0.05) is 0 Å². The Morgan fingerprint density at radius 2 is 2.40 bits per heavy atom. The van der Waals surface area contributed by atoms with Crippen LogP contribution in [0.1, 0.15) is 18.2 Å². The van der Waals surface area contributed by atoms with Crippen molar-refractivity contribution in [3.8, 4) is 6.07 Å². The number of hydrogen-bond donors (Lipinski definition) is 1. The molecule has 1 N–H and O–H groups in total. The van der Waals surface area contributed by atoms with Crippen molar-refractivity contribution >= 4 is 5.97 Å². The van der Waals surface area contributed by atoms with Gasteiger partial charge in [-0.25, -0.2) is 0 Å². The monoisotopic (exact) mass is 206 g/mol. The molecule has 78 valence electrons. The number of rotatable bonds is 3. The quantitative estimate of drug-likeness (QED) is 0.723. The predicted octanol–water partition coefficient (Wildman–Crippen LogP) is 0.352. The van der Waals surface area contributed by atoms with E-state index in [1.807, 2.05) is 0 Å². The minimum atomic E-state index is -0.405. The van der Waals surface area contributed by atoms with Gasteiger partial charge >= 0.3 is 5.97 Å². The molecule has 0 fully saturated rings. The number of carbonyl (C=O) groups is 1. The number of nitriles is 1. The van der Waals surface area contributed by atoms with Gasteiger partial charge in [-0.05, 0) is 6.92 Å². The van der Waals surface area contributed by atoms with Crippen molar-refractivity contribution in [2.75, 3.05) is 6.61 Å². The van der Waals surface area contributed by atoms with Crippen molar-refractivity contribution < 1.29 is 9.53 Å². The average molecular weight is 206 g/mol. The first-order valence-electron chi connectivity index (χ1n) is 4.44. The molecule has 0 aliphatic carbocycles. The van der Waals surface area contributed by atoms with E-state index in [2.05, 4.69) is 4.98 Å². The number of esters is 1. The van der Waals surface area contributed by atoms with Crippen molar-refractivity contribution in [2.45, 2.75) is 13.3 Å². The van der Waals surface area contributed by atoms with Gasteiger partial charge in [-0.15, -0.1) is 0 Å². The minimum absolute atomic E-state index is 0.00872. The van der Waals surface area contributed by atoms with Gasteiger partial charge < -0.3 is 9.72 Å². The summed E-state index contributed by atoms with van der Waals surface area (Å²) in [5.74, 6) is -0.405. The van der Waals surface area contributed by atoms with Crippen molar-refractivity contribution in [2.24, 2.45) is 0 Å². The molecule has 0 bridgehead atoms. The van der Waals surface area contributed by atoms with Gasteiger partial charge in [0.05, 0.1) is 13.0 Å². The number of pyridine rings is 1. The van der Waals surface area contributed by atoms with Crippen LogP contribution in [-0.2, 0) is 16.0 Å². The highest BCUT2D eigenvalue weighted by molar-refractivity contribution is 5.71. The fourth-order valence-corrected chi connectivity index (χ4v) is 1.07. The number of H-pyrrole nitrogens is 1. The summed E-state index contributed by atoms with van der Waals surface area (Å²) in [7, 11) is 0. The summed E-state index contributed by atoms with van der Waals surface area (Å²) in [6.07, 6.45) is 1.30. The summed E-state index contributed by atoms with van der Waals surface area (Å²) < 4.78 is 4.72. The fraction of sp³-hybridized carbons (Fsp3) is 0.300. The molecule has 1 rings (SSSR count). The molecular formula is C10H10N2O3. The zero-order valence-corrected chi connectivity index (χ0v) is 8.24. The highest BCUT2D eigenvalue weighted by Crippen LogP contribution is 1.95. The van der Waals surface area contributed by atoms with E-state index in [0.29, 0.717) is 12.3 Å². The van der Waals surface area contributed by atoms with E-state index in [1.54, 1.807) is 13.0 Å². The van der Waals surface area contributed by atoms with Crippen LogP contribution in [0.2, 0.25) is 0 Å². The van der Waals surface area contributed by atoms with Crippen LogP contribution in [0.5, 0.6) is 0 Å². The molecule has 1 aromatic rings. The Hall–Kier alpha value is -2.09. The Kier molecular flexibility index (Phi) is 3.63. The lowest BCUT2D eigenvalue weighted by atomic mass is 10.2. The number of nitrogens with one attached hydrogen (secondary N) is 1. The number of carbonyl (C=O) groups excluding carboxylic acids is 1. The zero-order valence-electron chi connectivity index (χ0n) is 8.24. The molecular weight excluding hydrogens is 196 g/mol. The van der Waals surface area contributed by atoms with Gasteiger partial charge in [0.1, 0.15) is 11.6 Å². The summed E-state index contributed by atoms with van der Waals surface area (Å²) in [5.41, 5.74) is 0.0793. The maximum absolute atomic E-state index is 11.2. The summed E-state index contributed by atoms with van der Waals surface area (Å²) in [6.45, 7) is 2.01. The zero-order chi connectivity index (χ0) is 11.3. The third-order valence-electron chi connectivity index (χ3n) is 1.73. The molecule has 1 aromatic heterocycles. The SMILES string of the molecule is CCOC(=O)Cc1cc(=O)c(C#N)c[nH]1. The molecule has 0 aliphatic rings. The van der Waals surface area contributed by atoms with Crippen LogP contribution in [0.4, 0.5) is 0 Å². The molecule has 0 unspecified atom stereocenters. The first kappa shape index (κ1) is 11.0. The van der Waals surface area contributed by atoms with E-state index in [0.717, 1.165) is 0 Å². The van der Waals surface area contributed by atoms with Gasteiger partial charge in [-0.3, -0.25) is 9.59 Å². The maximum Gasteiger partial charge on any atom is 0.311 e. The minimum Gasteiger partial charge on any atom is -0.466 e. The Bertz CT molecular complexity index is 456. The van der Waals surface area contributed by atoms with Crippen molar-refractivity contribution in [1.82, 2.24) is 4.98 Å². The van der Waals surface area contributed by atoms with Crippen LogP contribution in [0.25, 0.3) is 0 Å². The Morgan fingerprint density at radius 1 is 1.67 bits per heavy atom. The van der Waals surface area contributed by atoms with E-state index in [-0.39, 0.29) is 12.0 Å². The second kappa shape index (κ2) is 4.96. The predicted molar refractivity (Wildman–Crippen MR) is 52.1 cm³/mol. The van der Waals surface area contributed by atoms with Gasteiger partial charge in [0.15, 0.2) is 5.43 Å². The highest BCUT2D eigenvalue weighted by atomic mass is 16.5. The molecule has 0 spiro atoms. The maximum atomic E-state index is 11.2. The topological polar surface area (TPSA) is 82.9 Å². The van der Waals surface area contributed by atoms with Crippen molar-refractivity contribution in [3.05, 3.63) is 33.7 Å². The second-order valence-electron chi connectivity index (χ2n) is 2.83. The number of aromatic nitrogens is 1. The van der Waals surface area contributed by atoms with Crippen LogP contribution in [0, 0.1) is 11.3 Å². The highest BCUT2D eigenvalue weighted by Gasteiger charge is 2.06. The molecule has 0 radical (unpaired) electrons. The third-order valence-corrected chi connectivity index (χ3v) is 1.73. The van der Waals surface area contributed by atoms with E-state index in [9.17, 15) is 9.59 Å². The van der Waals surface area contributed by atoms with Crippen LogP contribution in [-0.4, -0.2) is 17.6 Å². The van der Waals surface area contributed by atoms with Gasteiger partial charge in [0.25, 0.3) is 0 Å². The molecule has 0 amide bonds. The molecule has 0 atom stereocenters. The number of nitrogens with zero attached hydrogens (tertiary/aromatic N) is 1. The average Bonchev–Trinajstić information content (AvgIpc) is 2.18. The van der Waals surface area contributed by atoms with E-state index < -0.39 is 11.4 Å². The van der Waals surface area contributed by atoms with Gasteiger partial charge in [0.2, 0.25) is 0 Å². The van der Waals surface area contributed by atoms with E-state index >= 15 is 0 Å². The summed E-state index contributed by atoms with van der Waals surface area (Å²) in [5, 5.41) is 8.51. The van der Waals surface area contributed by atoms with E-state index in [4.69, 9.17) is 10.00 Å². The van der Waals surface area contributed by atoms with Crippen LogP contribution >= 0.6 is 0 Å². The number of aromatic amines is 1. The van der Waals surface area contributed by atoms with Gasteiger partial charge in [-0.2, -0.15) is 5.26 Å². The van der Waals surface area contributed by atoms with Crippen molar-refractivity contribution in [3.63, 3.8) is 0 Å². The Morgan fingerprint density at radius 3 is 2.93 bits per heavy atom. The smallest absolute Gasteiger partial charge is 0.311 e. The van der Waals surface area contributed by atoms with E-state index in [1.165, 1.54) is 12.3 Å². The lowest BCUT2D eigenvalue weighted by molar-refractivity contribution is -0.142.